The predicted octanol–water partition coefficient (Wildman–Crippen LogP) is 1.91. The Morgan fingerprint density at radius 1 is 1.35 bits per heavy atom. The minimum atomic E-state index is -0.523. The van der Waals surface area contributed by atoms with E-state index in [4.69, 9.17) is 19.5 Å². The number of nitriles is 1. The van der Waals surface area contributed by atoms with E-state index in [0.29, 0.717) is 0 Å². The highest BCUT2D eigenvalue weighted by atomic mass is 19.1. The molecule has 7 heteroatoms. The standard InChI is InChI=1S/C13H11FN2O4/c14-8-1-2-9(16-17)10(3-8)20-11-6-19-12-7(4-15)5-18-13(11)12/h1-3,7,11-13H,5-6H2. The molecular formula is C13H11FN2O4. The Morgan fingerprint density at radius 3 is 2.90 bits per heavy atom. The molecule has 0 bridgehead atoms. The zero-order valence-corrected chi connectivity index (χ0v) is 10.4. The first kappa shape index (κ1) is 13.0. The average Bonchev–Trinajstić information content (AvgIpc) is 3.02. The summed E-state index contributed by atoms with van der Waals surface area (Å²) in [7, 11) is 0. The van der Waals surface area contributed by atoms with Gasteiger partial charge < -0.3 is 14.2 Å². The Hall–Kier alpha value is -2.04. The molecule has 4 unspecified atom stereocenters. The van der Waals surface area contributed by atoms with Crippen LogP contribution in [0.25, 0.3) is 0 Å². The van der Waals surface area contributed by atoms with Gasteiger partial charge >= 0.3 is 0 Å². The Kier molecular flexibility index (Phi) is 3.34. The summed E-state index contributed by atoms with van der Waals surface area (Å²) in [4.78, 5) is 10.7. The summed E-state index contributed by atoms with van der Waals surface area (Å²) in [6, 6.07) is 5.60. The van der Waals surface area contributed by atoms with Gasteiger partial charge in [0.1, 0.15) is 23.7 Å². The van der Waals surface area contributed by atoms with E-state index < -0.39 is 11.9 Å². The van der Waals surface area contributed by atoms with Gasteiger partial charge in [0.25, 0.3) is 0 Å². The largest absolute Gasteiger partial charge is 0.483 e. The summed E-state index contributed by atoms with van der Waals surface area (Å²) in [6.45, 7) is 0.510. The molecule has 6 nitrogen and oxygen atoms in total. The van der Waals surface area contributed by atoms with Gasteiger partial charge in [0.2, 0.25) is 0 Å². The Balaban J connectivity index is 1.78. The van der Waals surface area contributed by atoms with Crippen LogP contribution in [0.15, 0.2) is 23.4 Å². The summed E-state index contributed by atoms with van der Waals surface area (Å²) in [5.41, 5.74) is 0.0182. The van der Waals surface area contributed by atoms with E-state index in [0.717, 1.165) is 12.1 Å². The van der Waals surface area contributed by atoms with Gasteiger partial charge in [-0.15, -0.1) is 4.91 Å². The van der Waals surface area contributed by atoms with Crippen LogP contribution < -0.4 is 4.74 Å². The van der Waals surface area contributed by atoms with Crippen molar-refractivity contribution >= 4 is 5.69 Å². The van der Waals surface area contributed by atoms with Crippen LogP contribution >= 0.6 is 0 Å². The maximum absolute atomic E-state index is 13.2. The van der Waals surface area contributed by atoms with Crippen LogP contribution in [-0.4, -0.2) is 31.5 Å². The molecule has 3 rings (SSSR count). The fourth-order valence-electron chi connectivity index (χ4n) is 2.50. The predicted molar refractivity (Wildman–Crippen MR) is 64.9 cm³/mol. The number of ether oxygens (including phenoxy) is 3. The topological polar surface area (TPSA) is 80.9 Å². The molecule has 0 amide bonds. The maximum atomic E-state index is 13.2. The molecule has 0 radical (unpaired) electrons. The molecule has 2 fully saturated rings. The molecule has 2 aliphatic heterocycles. The van der Waals surface area contributed by atoms with Crippen molar-refractivity contribution in [3.8, 4) is 11.8 Å². The van der Waals surface area contributed by atoms with Crippen LogP contribution in [0.2, 0.25) is 0 Å². The second-order valence-electron chi connectivity index (χ2n) is 4.69. The summed E-state index contributed by atoms with van der Waals surface area (Å²) in [5.74, 6) is -0.798. The van der Waals surface area contributed by atoms with Gasteiger partial charge in [-0.2, -0.15) is 5.26 Å². The second-order valence-corrected chi connectivity index (χ2v) is 4.69. The van der Waals surface area contributed by atoms with E-state index in [-0.39, 0.29) is 42.8 Å². The van der Waals surface area contributed by atoms with Gasteiger partial charge in [-0.25, -0.2) is 4.39 Å². The molecular weight excluding hydrogens is 267 g/mol. The smallest absolute Gasteiger partial charge is 0.152 e. The van der Waals surface area contributed by atoms with E-state index in [9.17, 15) is 9.30 Å². The summed E-state index contributed by atoms with van der Waals surface area (Å²) in [5, 5.41) is 11.7. The fraction of sp³-hybridized carbons (Fsp3) is 0.462. The number of hydrogen-bond acceptors (Lipinski definition) is 6. The monoisotopic (exact) mass is 278 g/mol. The quantitative estimate of drug-likeness (QED) is 0.789. The van der Waals surface area contributed by atoms with E-state index in [1.807, 2.05) is 0 Å². The van der Waals surface area contributed by atoms with Crippen molar-refractivity contribution in [3.63, 3.8) is 0 Å². The highest BCUT2D eigenvalue weighted by Crippen LogP contribution is 2.35. The molecule has 0 saturated carbocycles. The van der Waals surface area contributed by atoms with Crippen molar-refractivity contribution in [3.05, 3.63) is 28.9 Å². The number of benzene rings is 1. The number of fused-ring (bicyclic) bond motifs is 1. The van der Waals surface area contributed by atoms with Crippen molar-refractivity contribution in [2.75, 3.05) is 13.2 Å². The zero-order chi connectivity index (χ0) is 14.1. The highest BCUT2D eigenvalue weighted by molar-refractivity contribution is 5.51. The Morgan fingerprint density at radius 2 is 2.15 bits per heavy atom. The number of nitroso groups, excluding NO2 is 1. The molecule has 2 saturated heterocycles. The van der Waals surface area contributed by atoms with Crippen LogP contribution in [0, 0.1) is 28.0 Å². The fourth-order valence-corrected chi connectivity index (χ4v) is 2.50. The lowest BCUT2D eigenvalue weighted by atomic mass is 10.0. The Labute approximate surface area is 114 Å². The van der Waals surface area contributed by atoms with E-state index >= 15 is 0 Å². The molecule has 1 aromatic carbocycles. The maximum Gasteiger partial charge on any atom is 0.152 e. The summed E-state index contributed by atoms with van der Waals surface area (Å²) in [6.07, 6.45) is -1.21. The van der Waals surface area contributed by atoms with Gasteiger partial charge in [0.15, 0.2) is 11.9 Å². The third-order valence-corrected chi connectivity index (χ3v) is 3.47. The summed E-state index contributed by atoms with van der Waals surface area (Å²) >= 11 is 0. The van der Waals surface area contributed by atoms with Gasteiger partial charge in [-0.3, -0.25) is 0 Å². The van der Waals surface area contributed by atoms with Crippen molar-refractivity contribution in [1.29, 1.82) is 5.26 Å². The molecule has 20 heavy (non-hydrogen) atoms. The number of nitrogens with zero attached hydrogens (tertiary/aromatic N) is 2. The molecule has 4 atom stereocenters. The van der Waals surface area contributed by atoms with Crippen LogP contribution in [0.1, 0.15) is 0 Å². The number of rotatable bonds is 3. The molecule has 1 aromatic rings. The SMILES string of the molecule is N#CC1COC2C(Oc3cc(F)ccc3N=O)COC12. The third-order valence-electron chi connectivity index (χ3n) is 3.47. The molecule has 0 N–H and O–H groups in total. The van der Waals surface area contributed by atoms with Crippen LogP contribution in [0.3, 0.4) is 0 Å². The average molecular weight is 278 g/mol. The molecule has 0 spiro atoms. The first-order valence-electron chi connectivity index (χ1n) is 6.15. The van der Waals surface area contributed by atoms with Crippen LogP contribution in [-0.2, 0) is 9.47 Å². The second kappa shape index (κ2) is 5.15. The minimum absolute atomic E-state index is 0.0182. The number of halogens is 1. The van der Waals surface area contributed by atoms with Crippen molar-refractivity contribution < 1.29 is 18.6 Å². The van der Waals surface area contributed by atoms with E-state index in [1.54, 1.807) is 0 Å². The first-order chi connectivity index (χ1) is 9.72. The molecule has 104 valence electrons. The first-order valence-corrected chi connectivity index (χ1v) is 6.15. The molecule has 2 heterocycles. The van der Waals surface area contributed by atoms with Crippen molar-refractivity contribution in [2.24, 2.45) is 11.1 Å². The van der Waals surface area contributed by atoms with Gasteiger partial charge in [0.05, 0.1) is 25.2 Å². The van der Waals surface area contributed by atoms with E-state index in [2.05, 4.69) is 11.2 Å². The summed E-state index contributed by atoms with van der Waals surface area (Å²) < 4.78 is 29.8. The molecule has 2 aliphatic rings. The van der Waals surface area contributed by atoms with Gasteiger partial charge in [-0.05, 0) is 17.3 Å². The van der Waals surface area contributed by atoms with Crippen LogP contribution in [0.4, 0.5) is 10.1 Å². The van der Waals surface area contributed by atoms with Crippen molar-refractivity contribution in [2.45, 2.75) is 18.3 Å². The lowest BCUT2D eigenvalue weighted by Gasteiger charge is -2.18. The highest BCUT2D eigenvalue weighted by Gasteiger charge is 2.49. The van der Waals surface area contributed by atoms with Gasteiger partial charge in [-0.1, -0.05) is 0 Å². The molecule has 0 aliphatic carbocycles. The minimum Gasteiger partial charge on any atom is -0.483 e. The van der Waals surface area contributed by atoms with E-state index in [1.165, 1.54) is 6.07 Å². The van der Waals surface area contributed by atoms with Crippen molar-refractivity contribution in [1.82, 2.24) is 0 Å². The lowest BCUT2D eigenvalue weighted by molar-refractivity contribution is 0.0304. The lowest BCUT2D eigenvalue weighted by Crippen LogP contribution is -2.33. The number of hydrogen-bond donors (Lipinski definition) is 0. The zero-order valence-electron chi connectivity index (χ0n) is 10.4. The molecule has 0 aromatic heterocycles. The van der Waals surface area contributed by atoms with Crippen LogP contribution in [0.5, 0.6) is 5.75 Å². The van der Waals surface area contributed by atoms with Gasteiger partial charge in [0, 0.05) is 6.07 Å². The Bertz CT molecular complexity index is 574. The normalized spacial score (nSPS) is 31.6. The third kappa shape index (κ3) is 2.13.